The van der Waals surface area contributed by atoms with Crippen LogP contribution in [0.1, 0.15) is 123 Å². The van der Waals surface area contributed by atoms with E-state index in [0.717, 1.165) is 17.3 Å². The summed E-state index contributed by atoms with van der Waals surface area (Å²) in [6.07, 6.45) is 21.8. The maximum absolute atomic E-state index is 10.4. The van der Waals surface area contributed by atoms with Gasteiger partial charge in [-0.1, -0.05) is 104 Å². The Labute approximate surface area is 172 Å². The zero-order chi connectivity index (χ0) is 20.8. The molecule has 27 heavy (non-hydrogen) atoms. The van der Waals surface area contributed by atoms with Crippen LogP contribution in [0.4, 0.5) is 0 Å². The maximum atomic E-state index is 10.4. The summed E-state index contributed by atoms with van der Waals surface area (Å²) in [5.74, 6) is -0.403. The highest BCUT2D eigenvalue weighted by molar-refractivity contribution is 5.67. The fourth-order valence-electron chi connectivity index (χ4n) is 3.33. The van der Waals surface area contributed by atoms with Gasteiger partial charge in [0, 0.05) is 0 Å². The van der Waals surface area contributed by atoms with Crippen LogP contribution in [-0.4, -0.2) is 38.1 Å². The van der Waals surface area contributed by atoms with E-state index in [1.165, 1.54) is 96.4 Å². The van der Waals surface area contributed by atoms with Crippen LogP contribution in [0.15, 0.2) is 0 Å². The summed E-state index contributed by atoms with van der Waals surface area (Å²) in [6.45, 7) is 5.76. The van der Waals surface area contributed by atoms with Gasteiger partial charge in [0.15, 0.2) is 0 Å². The second-order valence-corrected chi connectivity index (χ2v) is 9.14. The van der Waals surface area contributed by atoms with Crippen molar-refractivity contribution < 1.29 is 9.59 Å². The molecule has 1 N–H and O–H groups in total. The van der Waals surface area contributed by atoms with E-state index in [0.29, 0.717) is 6.42 Å². The van der Waals surface area contributed by atoms with Gasteiger partial charge in [-0.05, 0) is 25.2 Å². The van der Waals surface area contributed by atoms with Gasteiger partial charge in [0.2, 0.25) is 0 Å². The van der Waals surface area contributed by atoms with Crippen molar-refractivity contribution in [3.63, 3.8) is 0 Å². The fourth-order valence-corrected chi connectivity index (χ4v) is 3.33. The number of quaternary nitrogens is 1. The van der Waals surface area contributed by atoms with Crippen LogP contribution in [0, 0.1) is 5.41 Å². The topological polar surface area (TPSA) is 46.9 Å². The van der Waals surface area contributed by atoms with E-state index in [4.69, 9.17) is 5.41 Å². The molecule has 0 fully saturated rings. The van der Waals surface area contributed by atoms with Crippen LogP contribution in [0.2, 0.25) is 0 Å². The molecule has 0 heterocycles. The standard InChI is InChI=1S/C18H37NO.C6H16N/c1-2-3-4-5-6-7-8-9-10-11-12-13-14-15-16-17-18(19)20;1-5-6-7(2,3)4/h2-17H2,1H3,(H2,19,20);5-6H2,1-4H3/q;+1/p-1. The largest absolute Gasteiger partial charge is 0.862 e. The van der Waals surface area contributed by atoms with E-state index in [1.807, 2.05) is 0 Å². The first kappa shape index (κ1) is 28.6. The van der Waals surface area contributed by atoms with Gasteiger partial charge in [-0.3, -0.25) is 0 Å². The van der Waals surface area contributed by atoms with Crippen LogP contribution >= 0.6 is 0 Å². The molecule has 0 aliphatic rings. The number of hydrogen-bond donors (Lipinski definition) is 1. The molecular formula is C24H52N2O. The Morgan fingerprint density at radius 2 is 0.926 bits per heavy atom. The predicted octanol–water partition coefficient (Wildman–Crippen LogP) is 6.69. The molecule has 0 aliphatic carbocycles. The molecule has 164 valence electrons. The van der Waals surface area contributed by atoms with E-state index in [-0.39, 0.29) is 0 Å². The molecule has 0 aliphatic heterocycles. The smallest absolute Gasteiger partial charge is 0.0777 e. The molecule has 0 saturated heterocycles. The molecule has 0 atom stereocenters. The number of rotatable bonds is 18. The molecule has 0 aromatic rings. The SMILES string of the molecule is CCCCCCCCCCCCCCCCCC(=N)[O-].CCC[N+](C)(C)C. The van der Waals surface area contributed by atoms with Crippen molar-refractivity contribution in [2.45, 2.75) is 123 Å². The summed E-state index contributed by atoms with van der Waals surface area (Å²) < 4.78 is 1.09. The second-order valence-electron chi connectivity index (χ2n) is 9.14. The lowest BCUT2D eigenvalue weighted by atomic mass is 10.0. The molecule has 0 aromatic heterocycles. The molecule has 0 rings (SSSR count). The van der Waals surface area contributed by atoms with Crippen LogP contribution in [-0.2, 0) is 0 Å². The van der Waals surface area contributed by atoms with Crippen molar-refractivity contribution in [2.75, 3.05) is 27.7 Å². The number of hydrogen-bond acceptors (Lipinski definition) is 2. The lowest BCUT2D eigenvalue weighted by Crippen LogP contribution is -2.34. The summed E-state index contributed by atoms with van der Waals surface area (Å²) in [5.41, 5.74) is 0. The van der Waals surface area contributed by atoms with Crippen LogP contribution in [0.25, 0.3) is 0 Å². The van der Waals surface area contributed by atoms with E-state index >= 15 is 0 Å². The highest BCUT2D eigenvalue weighted by Gasteiger charge is 2.01. The summed E-state index contributed by atoms with van der Waals surface area (Å²) in [4.78, 5) is 0. The molecule has 0 bridgehead atoms. The van der Waals surface area contributed by atoms with Crippen LogP contribution in [0.5, 0.6) is 0 Å². The van der Waals surface area contributed by atoms with Crippen molar-refractivity contribution in [1.29, 1.82) is 5.41 Å². The molecule has 0 radical (unpaired) electrons. The lowest BCUT2D eigenvalue weighted by Gasteiger charge is -2.22. The second kappa shape index (κ2) is 21.7. The van der Waals surface area contributed by atoms with Gasteiger partial charge >= 0.3 is 0 Å². The average Bonchev–Trinajstić information content (AvgIpc) is 2.57. The zero-order valence-corrected chi connectivity index (χ0v) is 19.6. The van der Waals surface area contributed by atoms with E-state index in [2.05, 4.69) is 35.0 Å². The van der Waals surface area contributed by atoms with Crippen molar-refractivity contribution in [1.82, 2.24) is 0 Å². The van der Waals surface area contributed by atoms with Gasteiger partial charge in [-0.15, -0.1) is 0 Å². The van der Waals surface area contributed by atoms with Gasteiger partial charge < -0.3 is 15.0 Å². The third-order valence-corrected chi connectivity index (χ3v) is 4.90. The van der Waals surface area contributed by atoms with Gasteiger partial charge in [0.1, 0.15) is 0 Å². The third kappa shape index (κ3) is 33.4. The first-order valence-electron chi connectivity index (χ1n) is 11.9. The van der Waals surface area contributed by atoms with E-state index in [9.17, 15) is 5.11 Å². The number of nitrogens with one attached hydrogen (secondary N) is 1. The normalized spacial score (nSPS) is 11.1. The Morgan fingerprint density at radius 1 is 0.593 bits per heavy atom. The van der Waals surface area contributed by atoms with Crippen molar-refractivity contribution in [2.24, 2.45) is 0 Å². The fraction of sp³-hybridized carbons (Fsp3) is 0.958. The molecule has 0 spiro atoms. The minimum absolute atomic E-state index is 0.403. The van der Waals surface area contributed by atoms with Crippen molar-refractivity contribution in [3.05, 3.63) is 0 Å². The average molecular weight is 385 g/mol. The molecular weight excluding hydrogens is 332 g/mol. The van der Waals surface area contributed by atoms with Crippen molar-refractivity contribution >= 4 is 5.90 Å². The number of nitrogens with zero attached hydrogens (tertiary/aromatic N) is 1. The molecule has 0 saturated carbocycles. The van der Waals surface area contributed by atoms with E-state index in [1.54, 1.807) is 0 Å². The lowest BCUT2D eigenvalue weighted by molar-refractivity contribution is -0.870. The van der Waals surface area contributed by atoms with Crippen molar-refractivity contribution in [3.8, 4) is 0 Å². The Morgan fingerprint density at radius 3 is 1.15 bits per heavy atom. The molecule has 0 unspecified atom stereocenters. The summed E-state index contributed by atoms with van der Waals surface area (Å²) in [5, 5.41) is 17.3. The molecule has 0 aromatic carbocycles. The Balaban J connectivity index is 0. The van der Waals surface area contributed by atoms with Gasteiger partial charge in [0.25, 0.3) is 0 Å². The Bertz CT molecular complexity index is 297. The molecule has 3 heteroatoms. The van der Waals surface area contributed by atoms with Crippen LogP contribution in [0.3, 0.4) is 0 Å². The highest BCUT2D eigenvalue weighted by atomic mass is 16.3. The third-order valence-electron chi connectivity index (χ3n) is 4.90. The van der Waals surface area contributed by atoms with Gasteiger partial charge in [-0.2, -0.15) is 0 Å². The maximum Gasteiger partial charge on any atom is 0.0777 e. The summed E-state index contributed by atoms with van der Waals surface area (Å²) >= 11 is 0. The molecule has 3 nitrogen and oxygen atoms in total. The van der Waals surface area contributed by atoms with Crippen LogP contribution < -0.4 is 5.11 Å². The first-order chi connectivity index (χ1) is 12.8. The van der Waals surface area contributed by atoms with Gasteiger partial charge in [0.05, 0.1) is 27.7 Å². The van der Waals surface area contributed by atoms with Gasteiger partial charge in [-0.25, -0.2) is 0 Å². The predicted molar refractivity (Wildman–Crippen MR) is 120 cm³/mol. The quantitative estimate of drug-likeness (QED) is 0.122. The monoisotopic (exact) mass is 384 g/mol. The Kier molecular flexibility index (Phi) is 23.0. The zero-order valence-electron chi connectivity index (χ0n) is 19.6. The Hall–Kier alpha value is -0.570. The number of unbranched alkanes of at least 4 members (excludes halogenated alkanes) is 14. The minimum atomic E-state index is -0.403. The summed E-state index contributed by atoms with van der Waals surface area (Å²) in [7, 11) is 6.64. The van der Waals surface area contributed by atoms with E-state index < -0.39 is 5.90 Å². The first-order valence-corrected chi connectivity index (χ1v) is 11.9. The summed E-state index contributed by atoms with van der Waals surface area (Å²) in [6, 6.07) is 0. The minimum Gasteiger partial charge on any atom is -0.862 e. The molecule has 0 amide bonds. The highest BCUT2D eigenvalue weighted by Crippen LogP contribution is 2.13.